The van der Waals surface area contributed by atoms with E-state index >= 15 is 0 Å². The number of carbonyl (C=O) groups is 1. The largest absolute Gasteiger partial charge is 0.352 e. The van der Waals surface area contributed by atoms with E-state index in [2.05, 4.69) is 11.9 Å². The van der Waals surface area contributed by atoms with E-state index in [1.165, 1.54) is 0 Å². The van der Waals surface area contributed by atoms with Gasteiger partial charge in [0.2, 0.25) is 5.91 Å². The molecule has 3 heteroatoms. The van der Waals surface area contributed by atoms with Crippen LogP contribution in [0.3, 0.4) is 0 Å². The van der Waals surface area contributed by atoms with Gasteiger partial charge in [0.1, 0.15) is 0 Å². The first-order chi connectivity index (χ1) is 7.99. The maximum Gasteiger partial charge on any atom is 0.220 e. The van der Waals surface area contributed by atoms with Crippen LogP contribution in [0.5, 0.6) is 0 Å². The molecule has 1 aromatic rings. The van der Waals surface area contributed by atoms with Crippen molar-refractivity contribution in [3.63, 3.8) is 0 Å². The lowest BCUT2D eigenvalue weighted by Crippen LogP contribution is -2.24. The van der Waals surface area contributed by atoms with Gasteiger partial charge < -0.3 is 5.32 Å². The summed E-state index contributed by atoms with van der Waals surface area (Å²) in [5.74, 6) is 0.0460. The normalized spacial score (nSPS) is 10.1. The Morgan fingerprint density at radius 2 is 2.18 bits per heavy atom. The van der Waals surface area contributed by atoms with Crippen molar-refractivity contribution in [3.05, 3.63) is 46.5 Å². The number of amides is 1. The predicted molar refractivity (Wildman–Crippen MR) is 72.3 cm³/mol. The summed E-state index contributed by atoms with van der Waals surface area (Å²) in [5.41, 5.74) is 3.10. The number of halogens is 1. The van der Waals surface area contributed by atoms with Crippen LogP contribution in [0.25, 0.3) is 0 Å². The number of carbonyl (C=O) groups excluding carboxylic acids is 1. The third kappa shape index (κ3) is 5.05. The monoisotopic (exact) mass is 251 g/mol. The Morgan fingerprint density at radius 1 is 1.47 bits per heavy atom. The molecular weight excluding hydrogens is 234 g/mol. The van der Waals surface area contributed by atoms with Gasteiger partial charge in [-0.25, -0.2) is 0 Å². The van der Waals surface area contributed by atoms with Crippen molar-refractivity contribution in [2.75, 3.05) is 6.54 Å². The summed E-state index contributed by atoms with van der Waals surface area (Å²) >= 11 is 6.02. The quantitative estimate of drug-likeness (QED) is 0.800. The van der Waals surface area contributed by atoms with Crippen LogP contribution in [0.4, 0.5) is 0 Å². The molecule has 1 rings (SSSR count). The number of hydrogen-bond donors (Lipinski definition) is 1. The van der Waals surface area contributed by atoms with Gasteiger partial charge in [-0.3, -0.25) is 4.79 Å². The van der Waals surface area contributed by atoms with Gasteiger partial charge in [-0.15, -0.1) is 0 Å². The van der Waals surface area contributed by atoms with Crippen molar-refractivity contribution in [2.45, 2.75) is 26.7 Å². The Balaban J connectivity index is 2.42. The van der Waals surface area contributed by atoms with Crippen LogP contribution in [-0.2, 0) is 11.2 Å². The topological polar surface area (TPSA) is 29.1 Å². The van der Waals surface area contributed by atoms with Crippen molar-refractivity contribution in [2.24, 2.45) is 0 Å². The standard InChI is InChI=1S/C14H18ClNO/c1-10(2)9-16-14(17)7-6-12-5-4-11(3)13(15)8-12/h4-5,8H,1,6-7,9H2,2-3H3,(H,16,17). The third-order valence-corrected chi connectivity index (χ3v) is 2.87. The number of nitrogens with one attached hydrogen (secondary N) is 1. The molecule has 0 fully saturated rings. The fourth-order valence-electron chi connectivity index (χ4n) is 1.39. The van der Waals surface area contributed by atoms with Crippen molar-refractivity contribution in [3.8, 4) is 0 Å². The highest BCUT2D eigenvalue weighted by Crippen LogP contribution is 2.17. The molecule has 0 spiro atoms. The van der Waals surface area contributed by atoms with Crippen molar-refractivity contribution in [1.82, 2.24) is 5.32 Å². The zero-order valence-electron chi connectivity index (χ0n) is 10.3. The van der Waals surface area contributed by atoms with Crippen LogP contribution in [0.1, 0.15) is 24.5 Å². The van der Waals surface area contributed by atoms with Crippen LogP contribution >= 0.6 is 11.6 Å². The number of rotatable bonds is 5. The van der Waals surface area contributed by atoms with E-state index in [0.717, 1.165) is 21.7 Å². The maximum absolute atomic E-state index is 11.5. The molecular formula is C14H18ClNO. The summed E-state index contributed by atoms with van der Waals surface area (Å²) in [5, 5.41) is 3.56. The first-order valence-electron chi connectivity index (χ1n) is 5.65. The lowest BCUT2D eigenvalue weighted by molar-refractivity contribution is -0.120. The first kappa shape index (κ1) is 13.8. The molecule has 0 aliphatic carbocycles. The molecule has 1 amide bonds. The Bertz CT molecular complexity index is 426. The molecule has 0 aliphatic rings. The summed E-state index contributed by atoms with van der Waals surface area (Å²) in [4.78, 5) is 11.5. The summed E-state index contributed by atoms with van der Waals surface area (Å²) in [6, 6.07) is 5.90. The molecule has 17 heavy (non-hydrogen) atoms. The van der Waals surface area contributed by atoms with Gasteiger partial charge in [0.15, 0.2) is 0 Å². The Labute approximate surface area is 108 Å². The first-order valence-corrected chi connectivity index (χ1v) is 6.03. The van der Waals surface area contributed by atoms with Crippen molar-refractivity contribution in [1.29, 1.82) is 0 Å². The van der Waals surface area contributed by atoms with E-state index in [0.29, 0.717) is 19.4 Å². The highest BCUT2D eigenvalue weighted by molar-refractivity contribution is 6.31. The van der Waals surface area contributed by atoms with Crippen molar-refractivity contribution < 1.29 is 4.79 Å². The maximum atomic E-state index is 11.5. The van der Waals surface area contributed by atoms with E-state index in [4.69, 9.17) is 11.6 Å². The molecule has 0 saturated heterocycles. The SMILES string of the molecule is C=C(C)CNC(=O)CCc1ccc(C)c(Cl)c1. The predicted octanol–water partition coefficient (Wildman–Crippen LogP) is 3.27. The second-order valence-electron chi connectivity index (χ2n) is 4.32. The van der Waals surface area contributed by atoms with Gasteiger partial charge in [-0.1, -0.05) is 35.9 Å². The lowest BCUT2D eigenvalue weighted by atomic mass is 10.1. The molecule has 0 aliphatic heterocycles. The average molecular weight is 252 g/mol. The molecule has 1 aromatic carbocycles. The fraction of sp³-hybridized carbons (Fsp3) is 0.357. The Kier molecular flexibility index (Phi) is 5.23. The third-order valence-electron chi connectivity index (χ3n) is 2.46. The minimum atomic E-state index is 0.0460. The summed E-state index contributed by atoms with van der Waals surface area (Å²) < 4.78 is 0. The van der Waals surface area contributed by atoms with Gasteiger partial charge in [-0.2, -0.15) is 0 Å². The molecule has 0 heterocycles. The smallest absolute Gasteiger partial charge is 0.220 e. The second kappa shape index (κ2) is 6.45. The van der Waals surface area contributed by atoms with Crippen LogP contribution < -0.4 is 5.32 Å². The van der Waals surface area contributed by atoms with E-state index in [1.54, 1.807) is 0 Å². The molecule has 1 N–H and O–H groups in total. The van der Waals surface area contributed by atoms with Crippen LogP contribution in [-0.4, -0.2) is 12.5 Å². The molecule has 0 saturated carbocycles. The fourth-order valence-corrected chi connectivity index (χ4v) is 1.59. The van der Waals surface area contributed by atoms with E-state index in [-0.39, 0.29) is 5.91 Å². The summed E-state index contributed by atoms with van der Waals surface area (Å²) in [7, 11) is 0. The molecule has 92 valence electrons. The van der Waals surface area contributed by atoms with Crippen LogP contribution in [0, 0.1) is 6.92 Å². The second-order valence-corrected chi connectivity index (χ2v) is 4.72. The number of aryl methyl sites for hydroxylation is 2. The van der Waals surface area contributed by atoms with E-state index in [9.17, 15) is 4.79 Å². The number of benzene rings is 1. The Morgan fingerprint density at radius 3 is 2.76 bits per heavy atom. The van der Waals surface area contributed by atoms with Gasteiger partial charge in [0.25, 0.3) is 0 Å². The zero-order chi connectivity index (χ0) is 12.8. The number of hydrogen-bond acceptors (Lipinski definition) is 1. The summed E-state index contributed by atoms with van der Waals surface area (Å²) in [6.45, 7) is 8.14. The van der Waals surface area contributed by atoms with Gasteiger partial charge >= 0.3 is 0 Å². The lowest BCUT2D eigenvalue weighted by Gasteiger charge is -2.06. The van der Waals surface area contributed by atoms with Gasteiger partial charge in [0, 0.05) is 18.0 Å². The minimum Gasteiger partial charge on any atom is -0.352 e. The van der Waals surface area contributed by atoms with E-state index < -0.39 is 0 Å². The van der Waals surface area contributed by atoms with Gasteiger partial charge in [-0.05, 0) is 37.5 Å². The summed E-state index contributed by atoms with van der Waals surface area (Å²) in [6.07, 6.45) is 1.19. The van der Waals surface area contributed by atoms with Crippen molar-refractivity contribution >= 4 is 17.5 Å². The zero-order valence-corrected chi connectivity index (χ0v) is 11.1. The highest BCUT2D eigenvalue weighted by atomic mass is 35.5. The highest BCUT2D eigenvalue weighted by Gasteiger charge is 2.03. The molecule has 0 unspecified atom stereocenters. The minimum absolute atomic E-state index is 0.0460. The van der Waals surface area contributed by atoms with Crippen LogP contribution in [0.15, 0.2) is 30.4 Å². The van der Waals surface area contributed by atoms with Crippen LogP contribution in [0.2, 0.25) is 5.02 Å². The Hall–Kier alpha value is -1.28. The molecule has 0 aromatic heterocycles. The van der Waals surface area contributed by atoms with Gasteiger partial charge in [0.05, 0.1) is 0 Å². The molecule has 2 nitrogen and oxygen atoms in total. The van der Waals surface area contributed by atoms with E-state index in [1.807, 2.05) is 32.0 Å². The molecule has 0 radical (unpaired) electrons. The molecule has 0 atom stereocenters. The average Bonchev–Trinajstić information content (AvgIpc) is 2.28. The molecule has 0 bridgehead atoms.